The molecule has 2 aliphatic heterocycles. The average Bonchev–Trinajstić information content (AvgIpc) is 2.51. The van der Waals surface area contributed by atoms with Crippen LogP contribution in [0.15, 0.2) is 24.3 Å². The summed E-state index contributed by atoms with van der Waals surface area (Å²) in [6, 6.07) is 6.15. The van der Waals surface area contributed by atoms with Gasteiger partial charge in [0, 0.05) is 37.2 Å². The Balaban J connectivity index is 1.92. The summed E-state index contributed by atoms with van der Waals surface area (Å²) in [6.07, 6.45) is 5.40. The number of nitrogens with one attached hydrogen (secondary N) is 1. The SMILES string of the molecule is CC/C=C1/NC2(CCN(C)CC2)Oc2ccc(OC(C)C)cc21. The monoisotopic (exact) mass is 316 g/mol. The summed E-state index contributed by atoms with van der Waals surface area (Å²) in [5.41, 5.74) is 2.02. The quantitative estimate of drug-likeness (QED) is 0.923. The Bertz CT molecular complexity index is 587. The zero-order valence-corrected chi connectivity index (χ0v) is 14.7. The summed E-state index contributed by atoms with van der Waals surface area (Å²) in [5, 5.41) is 3.68. The molecule has 1 spiro atoms. The van der Waals surface area contributed by atoms with Gasteiger partial charge in [0.1, 0.15) is 11.5 Å². The number of fused-ring (bicyclic) bond motifs is 1. The van der Waals surface area contributed by atoms with E-state index in [1.54, 1.807) is 0 Å². The third-order valence-electron chi connectivity index (χ3n) is 4.48. The maximum absolute atomic E-state index is 6.41. The second-order valence-electron chi connectivity index (χ2n) is 6.88. The van der Waals surface area contributed by atoms with Gasteiger partial charge in [-0.15, -0.1) is 0 Å². The Morgan fingerprint density at radius 1 is 1.35 bits per heavy atom. The van der Waals surface area contributed by atoms with Crippen LogP contribution in [-0.2, 0) is 0 Å². The predicted octanol–water partition coefficient (Wildman–Crippen LogP) is 3.63. The maximum atomic E-state index is 6.41. The Morgan fingerprint density at radius 2 is 2.09 bits per heavy atom. The summed E-state index contributed by atoms with van der Waals surface area (Å²) < 4.78 is 12.3. The summed E-state index contributed by atoms with van der Waals surface area (Å²) in [5.74, 6) is 1.86. The molecule has 2 aliphatic rings. The molecule has 2 heterocycles. The summed E-state index contributed by atoms with van der Waals surface area (Å²) in [7, 11) is 2.17. The molecule has 0 unspecified atom stereocenters. The van der Waals surface area contributed by atoms with E-state index in [-0.39, 0.29) is 11.8 Å². The molecule has 0 amide bonds. The van der Waals surface area contributed by atoms with Crippen molar-refractivity contribution in [1.82, 2.24) is 10.2 Å². The molecule has 0 atom stereocenters. The Labute approximate surface area is 139 Å². The minimum absolute atomic E-state index is 0.171. The Kier molecular flexibility index (Phi) is 4.53. The van der Waals surface area contributed by atoms with E-state index < -0.39 is 0 Å². The molecule has 4 nitrogen and oxygen atoms in total. The molecule has 0 radical (unpaired) electrons. The fourth-order valence-electron chi connectivity index (χ4n) is 3.27. The lowest BCUT2D eigenvalue weighted by Gasteiger charge is -2.45. The minimum Gasteiger partial charge on any atom is -0.491 e. The lowest BCUT2D eigenvalue weighted by molar-refractivity contribution is -0.0132. The van der Waals surface area contributed by atoms with Crippen LogP contribution in [0.1, 0.15) is 45.6 Å². The van der Waals surface area contributed by atoms with Gasteiger partial charge in [-0.05, 0) is 45.5 Å². The molecule has 3 rings (SSSR count). The topological polar surface area (TPSA) is 33.7 Å². The molecule has 0 bridgehead atoms. The molecule has 0 aromatic heterocycles. The second kappa shape index (κ2) is 6.44. The van der Waals surface area contributed by atoms with Crippen molar-refractivity contribution in [2.24, 2.45) is 0 Å². The number of piperidine rings is 1. The predicted molar refractivity (Wildman–Crippen MR) is 93.7 cm³/mol. The first kappa shape index (κ1) is 16.2. The highest BCUT2D eigenvalue weighted by molar-refractivity contribution is 5.72. The van der Waals surface area contributed by atoms with Crippen molar-refractivity contribution in [3.63, 3.8) is 0 Å². The fraction of sp³-hybridized carbons (Fsp3) is 0.579. The zero-order valence-electron chi connectivity index (χ0n) is 14.7. The first-order valence-electron chi connectivity index (χ1n) is 8.68. The molecule has 4 heteroatoms. The molecule has 23 heavy (non-hydrogen) atoms. The molecule has 1 aromatic carbocycles. The van der Waals surface area contributed by atoms with E-state index in [2.05, 4.69) is 42.4 Å². The van der Waals surface area contributed by atoms with E-state index in [4.69, 9.17) is 9.47 Å². The van der Waals surface area contributed by atoms with Crippen LogP contribution in [0.25, 0.3) is 5.70 Å². The van der Waals surface area contributed by atoms with Crippen molar-refractivity contribution in [1.29, 1.82) is 0 Å². The van der Waals surface area contributed by atoms with Crippen molar-refractivity contribution < 1.29 is 9.47 Å². The molecule has 126 valence electrons. The van der Waals surface area contributed by atoms with Gasteiger partial charge in [-0.3, -0.25) is 0 Å². The summed E-state index contributed by atoms with van der Waals surface area (Å²) >= 11 is 0. The van der Waals surface area contributed by atoms with Crippen molar-refractivity contribution >= 4 is 5.70 Å². The van der Waals surface area contributed by atoms with Gasteiger partial charge in [0.25, 0.3) is 0 Å². The van der Waals surface area contributed by atoms with Crippen LogP contribution in [0, 0.1) is 0 Å². The summed E-state index contributed by atoms with van der Waals surface area (Å²) in [6.45, 7) is 8.36. The molecule has 1 aromatic rings. The average molecular weight is 316 g/mol. The molecule has 1 N–H and O–H groups in total. The van der Waals surface area contributed by atoms with Crippen LogP contribution in [0.4, 0.5) is 0 Å². The number of rotatable bonds is 3. The normalized spacial score (nSPS) is 21.9. The van der Waals surface area contributed by atoms with Gasteiger partial charge < -0.3 is 19.7 Å². The minimum atomic E-state index is -0.263. The van der Waals surface area contributed by atoms with Gasteiger partial charge in [0.2, 0.25) is 0 Å². The van der Waals surface area contributed by atoms with Gasteiger partial charge in [0.05, 0.1) is 6.10 Å². The number of nitrogens with zero attached hydrogens (tertiary/aromatic N) is 1. The highest BCUT2D eigenvalue weighted by atomic mass is 16.5. The lowest BCUT2D eigenvalue weighted by atomic mass is 9.95. The van der Waals surface area contributed by atoms with E-state index in [0.29, 0.717) is 0 Å². The third-order valence-corrected chi connectivity index (χ3v) is 4.48. The highest BCUT2D eigenvalue weighted by Gasteiger charge is 2.40. The fourth-order valence-corrected chi connectivity index (χ4v) is 3.27. The number of ether oxygens (including phenoxy) is 2. The Hall–Kier alpha value is -1.68. The van der Waals surface area contributed by atoms with E-state index in [9.17, 15) is 0 Å². The van der Waals surface area contributed by atoms with Crippen molar-refractivity contribution in [3.8, 4) is 11.5 Å². The van der Waals surface area contributed by atoms with Crippen molar-refractivity contribution in [3.05, 3.63) is 29.8 Å². The number of likely N-dealkylation sites (tertiary alicyclic amines) is 1. The van der Waals surface area contributed by atoms with Crippen LogP contribution >= 0.6 is 0 Å². The number of benzene rings is 1. The number of hydrogen-bond donors (Lipinski definition) is 1. The molecule has 1 fully saturated rings. The first-order chi connectivity index (χ1) is 11.0. The van der Waals surface area contributed by atoms with E-state index >= 15 is 0 Å². The standard InChI is InChI=1S/C19H28N2O2/c1-5-6-17-16-13-15(22-14(2)3)7-8-18(16)23-19(20-17)9-11-21(4)12-10-19/h6-8,13-14,20H,5,9-12H2,1-4H3/b17-6+. The number of hydrogen-bond acceptors (Lipinski definition) is 4. The smallest absolute Gasteiger partial charge is 0.183 e. The maximum Gasteiger partial charge on any atom is 0.183 e. The second-order valence-corrected chi connectivity index (χ2v) is 6.88. The van der Waals surface area contributed by atoms with E-state index in [1.807, 2.05) is 19.9 Å². The van der Waals surface area contributed by atoms with Gasteiger partial charge >= 0.3 is 0 Å². The summed E-state index contributed by atoms with van der Waals surface area (Å²) in [4.78, 5) is 2.36. The Morgan fingerprint density at radius 3 is 2.74 bits per heavy atom. The van der Waals surface area contributed by atoms with Crippen molar-refractivity contribution in [2.75, 3.05) is 20.1 Å². The molecule has 1 saturated heterocycles. The van der Waals surface area contributed by atoms with Gasteiger partial charge in [-0.1, -0.05) is 13.0 Å². The van der Waals surface area contributed by atoms with E-state index in [0.717, 1.165) is 49.4 Å². The van der Waals surface area contributed by atoms with Crippen LogP contribution in [-0.4, -0.2) is 36.9 Å². The largest absolute Gasteiger partial charge is 0.491 e. The number of allylic oxidation sites excluding steroid dienone is 1. The van der Waals surface area contributed by atoms with Crippen LogP contribution < -0.4 is 14.8 Å². The lowest BCUT2D eigenvalue weighted by Crippen LogP contribution is -2.57. The van der Waals surface area contributed by atoms with Crippen LogP contribution in [0.3, 0.4) is 0 Å². The zero-order chi connectivity index (χ0) is 16.4. The molecular formula is C19H28N2O2. The van der Waals surface area contributed by atoms with Gasteiger partial charge in [0.15, 0.2) is 5.72 Å². The molecule has 0 saturated carbocycles. The van der Waals surface area contributed by atoms with E-state index in [1.165, 1.54) is 5.70 Å². The molecule has 0 aliphatic carbocycles. The van der Waals surface area contributed by atoms with Gasteiger partial charge in [-0.2, -0.15) is 0 Å². The van der Waals surface area contributed by atoms with Crippen molar-refractivity contribution in [2.45, 2.75) is 51.9 Å². The van der Waals surface area contributed by atoms with Gasteiger partial charge in [-0.25, -0.2) is 0 Å². The highest BCUT2D eigenvalue weighted by Crippen LogP contribution is 2.39. The third kappa shape index (κ3) is 3.47. The first-order valence-corrected chi connectivity index (χ1v) is 8.68. The van der Waals surface area contributed by atoms with Crippen LogP contribution in [0.2, 0.25) is 0 Å². The molecular weight excluding hydrogens is 288 g/mol. The van der Waals surface area contributed by atoms with Crippen LogP contribution in [0.5, 0.6) is 11.5 Å².